The van der Waals surface area contributed by atoms with Crippen LogP contribution in [0.15, 0.2) is 0 Å². The Labute approximate surface area is 65.5 Å². The summed E-state index contributed by atoms with van der Waals surface area (Å²) in [7, 11) is 3.17. The van der Waals surface area contributed by atoms with Crippen molar-refractivity contribution in [1.29, 1.82) is 0 Å². The van der Waals surface area contributed by atoms with Gasteiger partial charge in [0.15, 0.2) is 0 Å². The van der Waals surface area contributed by atoms with Gasteiger partial charge in [0, 0.05) is 14.1 Å². The Balaban J connectivity index is 3.85. The maximum Gasteiger partial charge on any atom is 0.317 e. The molecule has 0 rings (SSSR count). The third-order valence-corrected chi connectivity index (χ3v) is 1.17. The standard InChI is InChI=1S/C6H13N3O2/c1-4(5(7)10)8-6(11)9(2)3/h4H,1-3H3,(H2,7,10)(H,8,11). The van der Waals surface area contributed by atoms with Crippen molar-refractivity contribution in [2.75, 3.05) is 14.1 Å². The molecule has 0 aliphatic rings. The first kappa shape index (κ1) is 9.74. The SMILES string of the molecule is CC(NC(=O)N(C)C)C(N)=O. The number of rotatable bonds is 2. The highest BCUT2D eigenvalue weighted by atomic mass is 16.2. The van der Waals surface area contributed by atoms with E-state index in [1.807, 2.05) is 0 Å². The van der Waals surface area contributed by atoms with E-state index in [0.717, 1.165) is 0 Å². The van der Waals surface area contributed by atoms with Gasteiger partial charge >= 0.3 is 6.03 Å². The van der Waals surface area contributed by atoms with Crippen LogP contribution in [0.5, 0.6) is 0 Å². The summed E-state index contributed by atoms with van der Waals surface area (Å²) in [5.41, 5.74) is 4.91. The molecule has 1 atom stereocenters. The van der Waals surface area contributed by atoms with Gasteiger partial charge in [0.2, 0.25) is 5.91 Å². The molecule has 3 amide bonds. The van der Waals surface area contributed by atoms with Crippen LogP contribution in [-0.4, -0.2) is 37.0 Å². The second kappa shape index (κ2) is 3.80. The Morgan fingerprint density at radius 2 is 1.91 bits per heavy atom. The molecular formula is C6H13N3O2. The van der Waals surface area contributed by atoms with Crippen LogP contribution in [0.25, 0.3) is 0 Å². The molecule has 0 saturated heterocycles. The van der Waals surface area contributed by atoms with Crippen molar-refractivity contribution in [2.24, 2.45) is 5.73 Å². The third kappa shape index (κ3) is 3.44. The highest BCUT2D eigenvalue weighted by Crippen LogP contribution is 1.82. The Kier molecular flexibility index (Phi) is 3.36. The summed E-state index contributed by atoms with van der Waals surface area (Å²) in [6.07, 6.45) is 0. The lowest BCUT2D eigenvalue weighted by Crippen LogP contribution is -2.46. The van der Waals surface area contributed by atoms with Crippen molar-refractivity contribution in [3.05, 3.63) is 0 Å². The number of carbonyl (C=O) groups excluding carboxylic acids is 2. The normalized spacial score (nSPS) is 11.9. The van der Waals surface area contributed by atoms with E-state index < -0.39 is 11.9 Å². The molecular weight excluding hydrogens is 146 g/mol. The van der Waals surface area contributed by atoms with Crippen molar-refractivity contribution in [3.8, 4) is 0 Å². The lowest BCUT2D eigenvalue weighted by atomic mass is 10.3. The summed E-state index contributed by atoms with van der Waals surface area (Å²) in [6, 6.07) is -0.943. The number of nitrogens with one attached hydrogen (secondary N) is 1. The van der Waals surface area contributed by atoms with Gasteiger partial charge in [0.1, 0.15) is 6.04 Å². The molecule has 0 aliphatic carbocycles. The van der Waals surface area contributed by atoms with E-state index in [2.05, 4.69) is 5.32 Å². The largest absolute Gasteiger partial charge is 0.368 e. The Hall–Kier alpha value is -1.26. The van der Waals surface area contributed by atoms with Gasteiger partial charge in [-0.1, -0.05) is 0 Å². The van der Waals surface area contributed by atoms with Crippen molar-refractivity contribution in [2.45, 2.75) is 13.0 Å². The van der Waals surface area contributed by atoms with E-state index in [1.54, 1.807) is 14.1 Å². The Morgan fingerprint density at radius 1 is 1.45 bits per heavy atom. The number of urea groups is 1. The minimum atomic E-state index is -0.620. The van der Waals surface area contributed by atoms with Gasteiger partial charge in [0.25, 0.3) is 0 Å². The molecule has 0 saturated carbocycles. The van der Waals surface area contributed by atoms with Crippen LogP contribution in [0.2, 0.25) is 0 Å². The molecule has 5 nitrogen and oxygen atoms in total. The fourth-order valence-corrected chi connectivity index (χ4v) is 0.385. The number of amides is 3. The molecule has 3 N–H and O–H groups in total. The first-order chi connectivity index (χ1) is 4.95. The Morgan fingerprint density at radius 3 is 2.18 bits per heavy atom. The zero-order chi connectivity index (χ0) is 9.02. The van der Waals surface area contributed by atoms with Gasteiger partial charge in [-0.05, 0) is 6.92 Å². The number of nitrogens with two attached hydrogens (primary N) is 1. The highest BCUT2D eigenvalue weighted by Gasteiger charge is 2.12. The number of primary amides is 1. The second-order valence-corrected chi connectivity index (χ2v) is 2.47. The number of carbonyl (C=O) groups is 2. The van der Waals surface area contributed by atoms with Crippen LogP contribution < -0.4 is 11.1 Å². The zero-order valence-corrected chi connectivity index (χ0v) is 6.92. The molecule has 5 heteroatoms. The summed E-state index contributed by atoms with van der Waals surface area (Å²) in [4.78, 5) is 22.6. The van der Waals surface area contributed by atoms with Crippen LogP contribution in [0.3, 0.4) is 0 Å². The monoisotopic (exact) mass is 159 g/mol. The lowest BCUT2D eigenvalue weighted by Gasteiger charge is -2.14. The molecule has 0 aromatic heterocycles. The summed E-state index contributed by atoms with van der Waals surface area (Å²) in [6.45, 7) is 1.53. The second-order valence-electron chi connectivity index (χ2n) is 2.47. The van der Waals surface area contributed by atoms with E-state index in [4.69, 9.17) is 5.73 Å². The molecule has 0 fully saturated rings. The van der Waals surface area contributed by atoms with Crippen LogP contribution in [-0.2, 0) is 4.79 Å². The van der Waals surface area contributed by atoms with Gasteiger partial charge in [-0.15, -0.1) is 0 Å². The van der Waals surface area contributed by atoms with Crippen molar-refractivity contribution < 1.29 is 9.59 Å². The van der Waals surface area contributed by atoms with Crippen LogP contribution in [0.4, 0.5) is 4.79 Å². The quantitative estimate of drug-likeness (QED) is 0.549. The minimum Gasteiger partial charge on any atom is -0.368 e. The molecule has 0 aromatic rings. The molecule has 0 heterocycles. The fraction of sp³-hybridized carbons (Fsp3) is 0.667. The maximum atomic E-state index is 10.9. The lowest BCUT2D eigenvalue weighted by molar-refractivity contribution is -0.119. The van der Waals surface area contributed by atoms with E-state index in [1.165, 1.54) is 11.8 Å². The minimum absolute atomic E-state index is 0.323. The average Bonchev–Trinajstić information content (AvgIpc) is 1.87. The smallest absolute Gasteiger partial charge is 0.317 e. The van der Waals surface area contributed by atoms with E-state index >= 15 is 0 Å². The summed E-state index contributed by atoms with van der Waals surface area (Å²) in [5, 5.41) is 2.39. The van der Waals surface area contributed by atoms with Crippen LogP contribution >= 0.6 is 0 Å². The molecule has 11 heavy (non-hydrogen) atoms. The van der Waals surface area contributed by atoms with Crippen molar-refractivity contribution >= 4 is 11.9 Å². The van der Waals surface area contributed by atoms with Crippen molar-refractivity contribution in [3.63, 3.8) is 0 Å². The van der Waals surface area contributed by atoms with Gasteiger partial charge in [-0.25, -0.2) is 4.79 Å². The molecule has 0 aromatic carbocycles. The first-order valence-electron chi connectivity index (χ1n) is 3.22. The molecule has 0 aliphatic heterocycles. The topological polar surface area (TPSA) is 75.4 Å². The van der Waals surface area contributed by atoms with Gasteiger partial charge in [-0.3, -0.25) is 4.79 Å². The highest BCUT2D eigenvalue weighted by molar-refractivity contribution is 5.85. The van der Waals surface area contributed by atoms with Crippen LogP contribution in [0.1, 0.15) is 6.92 Å². The fourth-order valence-electron chi connectivity index (χ4n) is 0.385. The first-order valence-corrected chi connectivity index (χ1v) is 3.22. The maximum absolute atomic E-state index is 10.9. The van der Waals surface area contributed by atoms with E-state index in [-0.39, 0.29) is 6.03 Å². The van der Waals surface area contributed by atoms with Gasteiger partial charge < -0.3 is 16.0 Å². The van der Waals surface area contributed by atoms with Gasteiger partial charge in [-0.2, -0.15) is 0 Å². The third-order valence-electron chi connectivity index (χ3n) is 1.17. The predicted molar refractivity (Wildman–Crippen MR) is 40.9 cm³/mol. The summed E-state index contributed by atoms with van der Waals surface area (Å²) < 4.78 is 0. The Bertz CT molecular complexity index is 167. The molecule has 0 spiro atoms. The zero-order valence-electron chi connectivity index (χ0n) is 6.92. The summed E-state index contributed by atoms with van der Waals surface area (Å²) in [5.74, 6) is -0.541. The van der Waals surface area contributed by atoms with Crippen molar-refractivity contribution in [1.82, 2.24) is 10.2 Å². The molecule has 64 valence electrons. The number of hydrogen-bond donors (Lipinski definition) is 2. The molecule has 0 radical (unpaired) electrons. The number of nitrogens with zero attached hydrogens (tertiary/aromatic N) is 1. The molecule has 1 unspecified atom stereocenters. The average molecular weight is 159 g/mol. The predicted octanol–water partition coefficient (Wildman–Crippen LogP) is -0.869. The van der Waals surface area contributed by atoms with E-state index in [0.29, 0.717) is 0 Å². The van der Waals surface area contributed by atoms with E-state index in [9.17, 15) is 9.59 Å². The summed E-state index contributed by atoms with van der Waals surface area (Å²) >= 11 is 0. The number of hydrogen-bond acceptors (Lipinski definition) is 2. The van der Waals surface area contributed by atoms with Gasteiger partial charge in [0.05, 0.1) is 0 Å². The van der Waals surface area contributed by atoms with Crippen LogP contribution in [0, 0.1) is 0 Å². The molecule has 0 bridgehead atoms.